The Balaban J connectivity index is 2.51. The van der Waals surface area contributed by atoms with Crippen LogP contribution >= 0.6 is 0 Å². The van der Waals surface area contributed by atoms with E-state index in [-0.39, 0.29) is 5.41 Å². The van der Waals surface area contributed by atoms with E-state index >= 15 is 0 Å². The largest absolute Gasteiger partial charge is 0.477 e. The number of nitrogens with one attached hydrogen (secondary N) is 1. The van der Waals surface area contributed by atoms with Gasteiger partial charge in [0.05, 0.1) is 19.0 Å². The first-order chi connectivity index (χ1) is 8.57. The predicted molar refractivity (Wildman–Crippen MR) is 73.8 cm³/mol. The van der Waals surface area contributed by atoms with E-state index in [4.69, 9.17) is 10.5 Å². The fourth-order valence-corrected chi connectivity index (χ4v) is 1.52. The highest BCUT2D eigenvalue weighted by molar-refractivity contribution is 5.33. The molecule has 1 aromatic heterocycles. The molecule has 0 unspecified atom stereocenters. The molecule has 0 aliphatic heterocycles. The minimum absolute atomic E-state index is 0.150. The van der Waals surface area contributed by atoms with Crippen LogP contribution in [0.25, 0.3) is 0 Å². The Labute approximate surface area is 109 Å². The number of rotatable bonds is 8. The summed E-state index contributed by atoms with van der Waals surface area (Å²) in [7, 11) is 0. The topological polar surface area (TPSA) is 73.1 Å². The van der Waals surface area contributed by atoms with Crippen molar-refractivity contribution >= 4 is 5.82 Å². The van der Waals surface area contributed by atoms with Gasteiger partial charge in [0.1, 0.15) is 5.82 Å². The highest BCUT2D eigenvalue weighted by Gasteiger charge is 2.16. The second-order valence-electron chi connectivity index (χ2n) is 5.15. The smallest absolute Gasteiger partial charge is 0.234 e. The van der Waals surface area contributed by atoms with Crippen molar-refractivity contribution in [3.8, 4) is 5.88 Å². The molecule has 102 valence electrons. The average molecular weight is 252 g/mol. The lowest BCUT2D eigenvalue weighted by Crippen LogP contribution is -2.26. The summed E-state index contributed by atoms with van der Waals surface area (Å²) in [6.07, 6.45) is 5.27. The zero-order valence-electron chi connectivity index (χ0n) is 11.6. The number of ether oxygens (including phenoxy) is 1. The third-order valence-corrected chi connectivity index (χ3v) is 2.64. The zero-order chi connectivity index (χ0) is 13.4. The quantitative estimate of drug-likeness (QED) is 0.741. The van der Waals surface area contributed by atoms with Gasteiger partial charge >= 0.3 is 0 Å². The second kappa shape index (κ2) is 7.16. The van der Waals surface area contributed by atoms with Gasteiger partial charge in [-0.05, 0) is 24.8 Å². The number of nitrogens with zero attached hydrogens (tertiary/aromatic N) is 2. The molecule has 3 N–H and O–H groups in total. The molecule has 0 saturated carbocycles. The summed E-state index contributed by atoms with van der Waals surface area (Å²) in [5, 5.41) is 3.28. The van der Waals surface area contributed by atoms with Crippen molar-refractivity contribution < 1.29 is 4.74 Å². The van der Waals surface area contributed by atoms with Crippen LogP contribution in [-0.4, -0.2) is 29.7 Å². The average Bonchev–Trinajstić information content (AvgIpc) is 2.35. The summed E-state index contributed by atoms with van der Waals surface area (Å²) in [6, 6.07) is 0. The summed E-state index contributed by atoms with van der Waals surface area (Å²) >= 11 is 0. The standard InChI is InChI=1S/C13H24N4O/c1-4-7-18-12-9-15-8-11(17-12)16-10-13(2,3)5-6-14/h8-9H,4-7,10,14H2,1-3H3,(H,16,17). The number of anilines is 1. The van der Waals surface area contributed by atoms with Gasteiger partial charge in [-0.25, -0.2) is 0 Å². The van der Waals surface area contributed by atoms with Crippen molar-refractivity contribution in [2.24, 2.45) is 11.1 Å². The molecule has 0 saturated heterocycles. The van der Waals surface area contributed by atoms with E-state index in [1.54, 1.807) is 12.4 Å². The molecular formula is C13H24N4O. The van der Waals surface area contributed by atoms with Crippen LogP contribution in [0.3, 0.4) is 0 Å². The zero-order valence-corrected chi connectivity index (χ0v) is 11.6. The van der Waals surface area contributed by atoms with E-state index < -0.39 is 0 Å². The molecule has 5 heteroatoms. The lowest BCUT2D eigenvalue weighted by Gasteiger charge is -2.24. The first-order valence-corrected chi connectivity index (χ1v) is 6.46. The van der Waals surface area contributed by atoms with E-state index in [9.17, 15) is 0 Å². The molecule has 0 fully saturated rings. The van der Waals surface area contributed by atoms with Crippen molar-refractivity contribution in [1.82, 2.24) is 9.97 Å². The number of hydrogen-bond donors (Lipinski definition) is 2. The lowest BCUT2D eigenvalue weighted by atomic mass is 9.89. The second-order valence-corrected chi connectivity index (χ2v) is 5.15. The van der Waals surface area contributed by atoms with Gasteiger partial charge in [-0.3, -0.25) is 4.98 Å². The van der Waals surface area contributed by atoms with Gasteiger partial charge in [-0.15, -0.1) is 0 Å². The first-order valence-electron chi connectivity index (χ1n) is 6.46. The molecule has 0 aromatic carbocycles. The molecule has 0 radical (unpaired) electrons. The van der Waals surface area contributed by atoms with Crippen molar-refractivity contribution in [3.05, 3.63) is 12.4 Å². The van der Waals surface area contributed by atoms with Gasteiger partial charge in [0.25, 0.3) is 0 Å². The minimum Gasteiger partial charge on any atom is -0.477 e. The predicted octanol–water partition coefficient (Wildman–Crippen LogP) is 2.05. The van der Waals surface area contributed by atoms with E-state index in [1.807, 2.05) is 0 Å². The maximum Gasteiger partial charge on any atom is 0.234 e. The Morgan fingerprint density at radius 1 is 1.39 bits per heavy atom. The maximum atomic E-state index is 5.59. The Hall–Kier alpha value is -1.36. The number of aromatic nitrogens is 2. The van der Waals surface area contributed by atoms with Gasteiger partial charge in [0, 0.05) is 6.54 Å². The van der Waals surface area contributed by atoms with Crippen molar-refractivity contribution in [1.29, 1.82) is 0 Å². The molecule has 0 aliphatic rings. The lowest BCUT2D eigenvalue weighted by molar-refractivity contribution is 0.304. The van der Waals surface area contributed by atoms with Crippen LogP contribution in [0.2, 0.25) is 0 Å². The summed E-state index contributed by atoms with van der Waals surface area (Å²) in [6.45, 7) is 8.59. The van der Waals surface area contributed by atoms with Crippen LogP contribution in [0, 0.1) is 5.41 Å². The Kier molecular flexibility index (Phi) is 5.85. The van der Waals surface area contributed by atoms with Crippen molar-refractivity contribution in [2.75, 3.05) is 25.0 Å². The third kappa shape index (κ3) is 5.31. The molecule has 0 bridgehead atoms. The molecule has 5 nitrogen and oxygen atoms in total. The number of nitrogens with two attached hydrogens (primary N) is 1. The van der Waals surface area contributed by atoms with E-state index in [0.717, 1.165) is 25.2 Å². The molecule has 1 heterocycles. The highest BCUT2D eigenvalue weighted by atomic mass is 16.5. The Morgan fingerprint density at radius 3 is 2.83 bits per heavy atom. The fraction of sp³-hybridized carbons (Fsp3) is 0.692. The van der Waals surface area contributed by atoms with Crippen LogP contribution < -0.4 is 15.8 Å². The van der Waals surface area contributed by atoms with Gasteiger partial charge in [-0.1, -0.05) is 20.8 Å². The highest BCUT2D eigenvalue weighted by Crippen LogP contribution is 2.20. The van der Waals surface area contributed by atoms with Crippen LogP contribution in [0.1, 0.15) is 33.6 Å². The minimum atomic E-state index is 0.150. The molecule has 1 rings (SSSR count). The molecule has 0 atom stereocenters. The monoisotopic (exact) mass is 252 g/mol. The molecule has 0 aliphatic carbocycles. The van der Waals surface area contributed by atoms with Crippen molar-refractivity contribution in [2.45, 2.75) is 33.6 Å². The van der Waals surface area contributed by atoms with Gasteiger partial charge < -0.3 is 15.8 Å². The van der Waals surface area contributed by atoms with Crippen LogP contribution in [0.5, 0.6) is 5.88 Å². The van der Waals surface area contributed by atoms with Gasteiger partial charge in [0.15, 0.2) is 0 Å². The molecule has 18 heavy (non-hydrogen) atoms. The van der Waals surface area contributed by atoms with Crippen LogP contribution in [-0.2, 0) is 0 Å². The van der Waals surface area contributed by atoms with Gasteiger partial charge in [-0.2, -0.15) is 4.98 Å². The summed E-state index contributed by atoms with van der Waals surface area (Å²) < 4.78 is 5.44. The summed E-state index contributed by atoms with van der Waals surface area (Å²) in [5.41, 5.74) is 5.74. The van der Waals surface area contributed by atoms with E-state index in [2.05, 4.69) is 36.1 Å². The first kappa shape index (κ1) is 14.7. The van der Waals surface area contributed by atoms with Crippen molar-refractivity contribution in [3.63, 3.8) is 0 Å². The Morgan fingerprint density at radius 2 is 2.17 bits per heavy atom. The maximum absolute atomic E-state index is 5.59. The van der Waals surface area contributed by atoms with E-state index in [0.29, 0.717) is 19.0 Å². The van der Waals surface area contributed by atoms with Crippen LogP contribution in [0.15, 0.2) is 12.4 Å². The fourth-order valence-electron chi connectivity index (χ4n) is 1.52. The molecule has 1 aromatic rings. The summed E-state index contributed by atoms with van der Waals surface area (Å²) in [5.74, 6) is 1.31. The van der Waals surface area contributed by atoms with Crippen LogP contribution in [0.4, 0.5) is 5.82 Å². The molecular weight excluding hydrogens is 228 g/mol. The third-order valence-electron chi connectivity index (χ3n) is 2.64. The Bertz CT molecular complexity index is 355. The normalized spacial score (nSPS) is 11.3. The number of hydrogen-bond acceptors (Lipinski definition) is 5. The molecule has 0 spiro atoms. The summed E-state index contributed by atoms with van der Waals surface area (Å²) in [4.78, 5) is 8.46. The SMILES string of the molecule is CCCOc1cncc(NCC(C)(C)CCN)n1. The van der Waals surface area contributed by atoms with Gasteiger partial charge in [0.2, 0.25) is 5.88 Å². The molecule has 0 amide bonds. The van der Waals surface area contributed by atoms with E-state index in [1.165, 1.54) is 0 Å².